The van der Waals surface area contributed by atoms with E-state index in [-0.39, 0.29) is 18.5 Å². The Kier molecular flexibility index (Phi) is 6.98. The number of hydrogen-bond donors (Lipinski definition) is 1. The van der Waals surface area contributed by atoms with Crippen LogP contribution in [-0.4, -0.2) is 31.2 Å². The minimum absolute atomic E-state index is 0.147. The first-order valence-electron chi connectivity index (χ1n) is 10.7. The smallest absolute Gasteiger partial charge is 0.244 e. The minimum atomic E-state index is -3.80. The maximum atomic E-state index is 13.8. The Bertz CT molecular complexity index is 1000. The van der Waals surface area contributed by atoms with Crippen LogP contribution >= 0.6 is 0 Å². The van der Waals surface area contributed by atoms with Crippen LogP contribution in [0.1, 0.15) is 54.4 Å². The van der Waals surface area contributed by atoms with Gasteiger partial charge in [0, 0.05) is 11.7 Å². The Labute approximate surface area is 180 Å². The number of anilines is 1. The molecule has 0 atom stereocenters. The van der Waals surface area contributed by atoms with Crippen molar-refractivity contribution in [3.63, 3.8) is 0 Å². The first kappa shape index (κ1) is 22.5. The average molecular weight is 429 g/mol. The van der Waals surface area contributed by atoms with E-state index in [9.17, 15) is 13.2 Å². The van der Waals surface area contributed by atoms with Crippen LogP contribution < -0.4 is 5.32 Å². The van der Waals surface area contributed by atoms with Gasteiger partial charge in [-0.15, -0.1) is 0 Å². The maximum Gasteiger partial charge on any atom is 0.244 e. The zero-order valence-electron chi connectivity index (χ0n) is 18.4. The summed E-state index contributed by atoms with van der Waals surface area (Å²) in [5.41, 5.74) is 4.15. The van der Waals surface area contributed by atoms with Crippen molar-refractivity contribution in [3.8, 4) is 0 Å². The fraction of sp³-hybridized carbons (Fsp3) is 0.458. The molecular weight excluding hydrogens is 396 g/mol. The standard InChI is InChI=1S/C24H32N2O3S/c1-17-14-19(3)24(20(4)15-17)30(28,29)26(21-11-6-5-7-12-21)16-23(27)25-22-13-9-8-10-18(22)2/h8-10,13-15,21H,5-7,11-12,16H2,1-4H3,(H,25,27). The number of carbonyl (C=O) groups is 1. The number of carbonyl (C=O) groups excluding carboxylic acids is 1. The Balaban J connectivity index is 1.94. The summed E-state index contributed by atoms with van der Waals surface area (Å²) < 4.78 is 29.0. The zero-order valence-corrected chi connectivity index (χ0v) is 19.2. The van der Waals surface area contributed by atoms with Crippen LogP contribution in [0.4, 0.5) is 5.69 Å². The van der Waals surface area contributed by atoms with Gasteiger partial charge in [0.1, 0.15) is 0 Å². The summed E-state index contributed by atoms with van der Waals surface area (Å²) in [6.45, 7) is 7.38. The van der Waals surface area contributed by atoms with E-state index in [1.807, 2.05) is 64.1 Å². The summed E-state index contributed by atoms with van der Waals surface area (Å²) in [5.74, 6) is -0.305. The summed E-state index contributed by atoms with van der Waals surface area (Å²) in [6.07, 6.45) is 4.67. The number of nitrogens with zero attached hydrogens (tertiary/aromatic N) is 1. The van der Waals surface area contributed by atoms with Crippen LogP contribution in [0.3, 0.4) is 0 Å². The molecule has 0 radical (unpaired) electrons. The molecule has 1 fully saturated rings. The third-order valence-corrected chi connectivity index (χ3v) is 8.08. The highest BCUT2D eigenvalue weighted by Crippen LogP contribution is 2.31. The molecular formula is C24H32N2O3S. The molecule has 30 heavy (non-hydrogen) atoms. The van der Waals surface area contributed by atoms with Crippen LogP contribution in [0.15, 0.2) is 41.3 Å². The van der Waals surface area contributed by atoms with Crippen molar-refractivity contribution >= 4 is 21.6 Å². The van der Waals surface area contributed by atoms with Gasteiger partial charge < -0.3 is 5.32 Å². The van der Waals surface area contributed by atoms with Crippen molar-refractivity contribution in [2.24, 2.45) is 0 Å². The zero-order chi connectivity index (χ0) is 21.9. The summed E-state index contributed by atoms with van der Waals surface area (Å²) >= 11 is 0. The normalized spacial score (nSPS) is 15.4. The second-order valence-corrected chi connectivity index (χ2v) is 10.3. The van der Waals surface area contributed by atoms with Crippen molar-refractivity contribution in [2.45, 2.75) is 70.7 Å². The lowest BCUT2D eigenvalue weighted by molar-refractivity contribution is -0.116. The minimum Gasteiger partial charge on any atom is -0.325 e. The molecule has 0 unspecified atom stereocenters. The fourth-order valence-corrected chi connectivity index (χ4v) is 6.57. The molecule has 0 bridgehead atoms. The maximum absolute atomic E-state index is 13.8. The number of benzene rings is 2. The molecule has 6 heteroatoms. The van der Waals surface area contributed by atoms with E-state index in [0.717, 1.165) is 54.4 Å². The van der Waals surface area contributed by atoms with Gasteiger partial charge in [-0.1, -0.05) is 55.2 Å². The molecule has 2 aromatic rings. The first-order chi connectivity index (χ1) is 14.2. The molecule has 3 rings (SSSR count). The summed E-state index contributed by atoms with van der Waals surface area (Å²) in [6, 6.07) is 11.2. The van der Waals surface area contributed by atoms with E-state index in [4.69, 9.17) is 0 Å². The van der Waals surface area contributed by atoms with E-state index >= 15 is 0 Å². The molecule has 1 saturated carbocycles. The SMILES string of the molecule is Cc1cc(C)c(S(=O)(=O)N(CC(=O)Nc2ccccc2C)C2CCCCC2)c(C)c1. The lowest BCUT2D eigenvalue weighted by Gasteiger charge is -2.33. The van der Waals surface area contributed by atoms with Crippen molar-refractivity contribution < 1.29 is 13.2 Å². The number of sulfonamides is 1. The molecule has 0 saturated heterocycles. The summed E-state index contributed by atoms with van der Waals surface area (Å²) in [4.78, 5) is 13.2. The average Bonchev–Trinajstić information content (AvgIpc) is 2.67. The van der Waals surface area contributed by atoms with Crippen LogP contribution in [0.25, 0.3) is 0 Å². The van der Waals surface area contributed by atoms with E-state index in [1.54, 1.807) is 0 Å². The molecule has 2 aromatic carbocycles. The predicted octanol–water partition coefficient (Wildman–Crippen LogP) is 4.88. The van der Waals surface area contributed by atoms with Gasteiger partial charge in [-0.2, -0.15) is 4.31 Å². The molecule has 5 nitrogen and oxygen atoms in total. The van der Waals surface area contributed by atoms with Crippen LogP contribution in [-0.2, 0) is 14.8 Å². The molecule has 0 aromatic heterocycles. The van der Waals surface area contributed by atoms with Gasteiger partial charge >= 0.3 is 0 Å². The third kappa shape index (κ3) is 4.93. The van der Waals surface area contributed by atoms with Crippen molar-refractivity contribution in [3.05, 3.63) is 58.7 Å². The van der Waals surface area contributed by atoms with Crippen molar-refractivity contribution in [1.29, 1.82) is 0 Å². The highest BCUT2D eigenvalue weighted by molar-refractivity contribution is 7.89. The van der Waals surface area contributed by atoms with Gasteiger partial charge in [0.2, 0.25) is 15.9 Å². The summed E-state index contributed by atoms with van der Waals surface area (Å²) in [7, 11) is -3.80. The van der Waals surface area contributed by atoms with Crippen molar-refractivity contribution in [1.82, 2.24) is 4.31 Å². The number of amides is 1. The summed E-state index contributed by atoms with van der Waals surface area (Å²) in [5, 5.41) is 2.90. The fourth-order valence-electron chi connectivity index (χ4n) is 4.51. The Morgan fingerprint density at radius 1 is 0.967 bits per heavy atom. The molecule has 1 aliphatic carbocycles. The Hall–Kier alpha value is -2.18. The van der Waals surface area contributed by atoms with Gasteiger partial charge in [-0.3, -0.25) is 4.79 Å². The molecule has 1 aliphatic rings. The second kappa shape index (κ2) is 9.31. The van der Waals surface area contributed by atoms with Gasteiger partial charge in [0.15, 0.2) is 0 Å². The van der Waals surface area contributed by atoms with Crippen molar-refractivity contribution in [2.75, 3.05) is 11.9 Å². The third-order valence-electron chi connectivity index (χ3n) is 5.87. The van der Waals surface area contributed by atoms with E-state index in [2.05, 4.69) is 5.32 Å². The highest BCUT2D eigenvalue weighted by atomic mass is 32.2. The lowest BCUT2D eigenvalue weighted by Crippen LogP contribution is -2.46. The van der Waals surface area contributed by atoms with Gasteiger partial charge in [0.25, 0.3) is 0 Å². The number of nitrogens with one attached hydrogen (secondary N) is 1. The molecule has 0 aliphatic heterocycles. The molecule has 162 valence electrons. The predicted molar refractivity (Wildman–Crippen MR) is 121 cm³/mol. The van der Waals surface area contributed by atoms with Crippen LogP contribution in [0.2, 0.25) is 0 Å². The number of hydrogen-bond acceptors (Lipinski definition) is 3. The second-order valence-electron chi connectivity index (χ2n) is 8.43. The Morgan fingerprint density at radius 2 is 1.57 bits per heavy atom. The number of rotatable bonds is 6. The monoisotopic (exact) mass is 428 g/mol. The topological polar surface area (TPSA) is 66.5 Å². The van der Waals surface area contributed by atoms with Gasteiger partial charge in [0.05, 0.1) is 11.4 Å². The highest BCUT2D eigenvalue weighted by Gasteiger charge is 2.35. The molecule has 1 amide bonds. The van der Waals surface area contributed by atoms with Gasteiger partial charge in [-0.05, 0) is 63.3 Å². The van der Waals surface area contributed by atoms with Crippen LogP contribution in [0.5, 0.6) is 0 Å². The molecule has 0 heterocycles. The molecule has 1 N–H and O–H groups in total. The van der Waals surface area contributed by atoms with Gasteiger partial charge in [-0.25, -0.2) is 8.42 Å². The number of para-hydroxylation sites is 1. The van der Waals surface area contributed by atoms with Crippen LogP contribution in [0, 0.1) is 27.7 Å². The lowest BCUT2D eigenvalue weighted by atomic mass is 9.95. The van der Waals surface area contributed by atoms with E-state index in [1.165, 1.54) is 4.31 Å². The molecule has 0 spiro atoms. The van der Waals surface area contributed by atoms with E-state index < -0.39 is 10.0 Å². The van der Waals surface area contributed by atoms with E-state index in [0.29, 0.717) is 10.6 Å². The Morgan fingerprint density at radius 3 is 2.17 bits per heavy atom. The first-order valence-corrected chi connectivity index (χ1v) is 12.1. The number of aryl methyl sites for hydroxylation is 4. The largest absolute Gasteiger partial charge is 0.325 e. The quantitative estimate of drug-likeness (QED) is 0.713.